The Bertz CT molecular complexity index is 1330. The van der Waals surface area contributed by atoms with Crippen LogP contribution in [0.1, 0.15) is 19.2 Å². The number of fused-ring (bicyclic) bond motifs is 3. The van der Waals surface area contributed by atoms with Crippen molar-refractivity contribution in [2.45, 2.75) is 26.3 Å². The lowest BCUT2D eigenvalue weighted by atomic mass is 10.1. The molecule has 6 nitrogen and oxygen atoms in total. The van der Waals surface area contributed by atoms with E-state index in [1.807, 2.05) is 35.0 Å². The molecular formula is C23H20N4O2S. The third-order valence-corrected chi connectivity index (χ3v) is 5.87. The van der Waals surface area contributed by atoms with Crippen molar-refractivity contribution in [3.05, 3.63) is 65.2 Å². The summed E-state index contributed by atoms with van der Waals surface area (Å²) in [6, 6.07) is 16.4. The van der Waals surface area contributed by atoms with Gasteiger partial charge in [-0.2, -0.15) is 16.3 Å². The number of benzene rings is 2. The lowest BCUT2D eigenvalue weighted by Crippen LogP contribution is -2.12. The van der Waals surface area contributed by atoms with Gasteiger partial charge in [0.25, 0.3) is 0 Å². The summed E-state index contributed by atoms with van der Waals surface area (Å²) in [6.07, 6.45) is 0.681. The molecule has 3 aromatic heterocycles. The van der Waals surface area contributed by atoms with Crippen LogP contribution in [0.5, 0.6) is 0 Å². The van der Waals surface area contributed by atoms with Gasteiger partial charge in [-0.1, -0.05) is 23.4 Å². The Morgan fingerprint density at radius 2 is 2.00 bits per heavy atom. The van der Waals surface area contributed by atoms with E-state index in [9.17, 15) is 4.79 Å². The normalized spacial score (nSPS) is 11.4. The summed E-state index contributed by atoms with van der Waals surface area (Å²) in [5.41, 5.74) is 4.09. The van der Waals surface area contributed by atoms with Crippen LogP contribution in [-0.2, 0) is 17.8 Å². The van der Waals surface area contributed by atoms with Gasteiger partial charge in [-0.25, -0.2) is 0 Å². The fourth-order valence-corrected chi connectivity index (χ4v) is 4.42. The lowest BCUT2D eigenvalue weighted by molar-refractivity contribution is -0.116. The Morgan fingerprint density at radius 1 is 1.13 bits per heavy atom. The summed E-state index contributed by atoms with van der Waals surface area (Å²) in [5, 5.41) is 13.2. The number of hydrogen-bond acceptors (Lipinski definition) is 5. The van der Waals surface area contributed by atoms with Crippen LogP contribution in [-0.4, -0.2) is 20.6 Å². The van der Waals surface area contributed by atoms with Crippen LogP contribution in [0.15, 0.2) is 63.8 Å². The zero-order valence-corrected chi connectivity index (χ0v) is 17.3. The first kappa shape index (κ1) is 18.6. The van der Waals surface area contributed by atoms with Gasteiger partial charge in [0, 0.05) is 57.8 Å². The van der Waals surface area contributed by atoms with Crippen LogP contribution in [0.4, 0.5) is 5.69 Å². The zero-order valence-electron chi connectivity index (χ0n) is 16.5. The molecule has 0 aliphatic heterocycles. The van der Waals surface area contributed by atoms with Gasteiger partial charge < -0.3 is 14.4 Å². The molecule has 150 valence electrons. The fourth-order valence-electron chi connectivity index (χ4n) is 3.78. The van der Waals surface area contributed by atoms with Crippen LogP contribution in [0.2, 0.25) is 0 Å². The van der Waals surface area contributed by atoms with Crippen LogP contribution >= 0.6 is 11.3 Å². The Labute approximate surface area is 177 Å². The minimum atomic E-state index is -0.0798. The van der Waals surface area contributed by atoms with Crippen molar-refractivity contribution in [3.63, 3.8) is 0 Å². The van der Waals surface area contributed by atoms with E-state index in [1.165, 1.54) is 16.4 Å². The molecule has 0 atom stereocenters. The van der Waals surface area contributed by atoms with Crippen molar-refractivity contribution in [2.75, 3.05) is 5.32 Å². The fraction of sp³-hybridized carbons (Fsp3) is 0.174. The van der Waals surface area contributed by atoms with Crippen molar-refractivity contribution in [3.8, 4) is 11.4 Å². The summed E-state index contributed by atoms with van der Waals surface area (Å²) in [4.78, 5) is 16.8. The summed E-state index contributed by atoms with van der Waals surface area (Å²) in [7, 11) is 0. The molecule has 0 saturated carbocycles. The van der Waals surface area contributed by atoms with Gasteiger partial charge in [-0.05, 0) is 42.6 Å². The standard InChI is InChI=1S/C23H20N4O2S/c1-2-27-19-6-4-3-5-17(19)18-13-16(7-8-20(18)27)24-21(28)9-10-22-25-23(26-29-22)15-11-12-30-14-15/h3-8,11-14H,2,9-10H2,1H3,(H,24,28). The van der Waals surface area contributed by atoms with Gasteiger partial charge in [-0.3, -0.25) is 4.79 Å². The van der Waals surface area contributed by atoms with Gasteiger partial charge in [0.1, 0.15) is 0 Å². The van der Waals surface area contributed by atoms with E-state index in [0.29, 0.717) is 18.1 Å². The maximum absolute atomic E-state index is 12.5. The van der Waals surface area contributed by atoms with Gasteiger partial charge >= 0.3 is 0 Å². The number of para-hydroxylation sites is 1. The molecule has 0 aliphatic rings. The second kappa shape index (κ2) is 7.76. The summed E-state index contributed by atoms with van der Waals surface area (Å²) < 4.78 is 7.56. The Morgan fingerprint density at radius 3 is 2.83 bits per heavy atom. The van der Waals surface area contributed by atoms with Crippen LogP contribution in [0, 0.1) is 0 Å². The number of anilines is 1. The third-order valence-electron chi connectivity index (χ3n) is 5.19. The number of thiophene rings is 1. The Kier molecular flexibility index (Phi) is 4.80. The van der Waals surface area contributed by atoms with Gasteiger partial charge in [0.2, 0.25) is 17.6 Å². The quantitative estimate of drug-likeness (QED) is 0.397. The number of aromatic nitrogens is 3. The lowest BCUT2D eigenvalue weighted by Gasteiger charge is -2.06. The highest BCUT2D eigenvalue weighted by molar-refractivity contribution is 7.08. The van der Waals surface area contributed by atoms with Crippen LogP contribution < -0.4 is 5.32 Å². The first-order chi connectivity index (χ1) is 14.7. The molecule has 1 amide bonds. The van der Waals surface area contributed by atoms with Gasteiger partial charge in [-0.15, -0.1) is 0 Å². The molecule has 0 saturated heterocycles. The van der Waals surface area contributed by atoms with E-state index in [2.05, 4.69) is 51.2 Å². The summed E-state index contributed by atoms with van der Waals surface area (Å²) >= 11 is 1.58. The maximum Gasteiger partial charge on any atom is 0.227 e. The van der Waals surface area contributed by atoms with Gasteiger partial charge in [0.15, 0.2) is 0 Å². The molecule has 2 aromatic carbocycles. The number of carbonyl (C=O) groups is 1. The first-order valence-electron chi connectivity index (χ1n) is 9.89. The predicted molar refractivity (Wildman–Crippen MR) is 120 cm³/mol. The average molecular weight is 417 g/mol. The number of hydrogen-bond donors (Lipinski definition) is 1. The zero-order chi connectivity index (χ0) is 20.5. The maximum atomic E-state index is 12.5. The minimum absolute atomic E-state index is 0.0798. The molecule has 0 fully saturated rings. The molecule has 5 aromatic rings. The number of amides is 1. The Balaban J connectivity index is 1.31. The number of carbonyl (C=O) groups excluding carboxylic acids is 1. The van der Waals surface area contributed by atoms with E-state index >= 15 is 0 Å². The molecule has 7 heteroatoms. The Hall–Kier alpha value is -3.45. The van der Waals surface area contributed by atoms with E-state index in [1.54, 1.807) is 11.3 Å². The number of aryl methyl sites for hydroxylation is 2. The van der Waals surface area contributed by atoms with Crippen LogP contribution in [0.25, 0.3) is 33.2 Å². The highest BCUT2D eigenvalue weighted by atomic mass is 32.1. The molecule has 0 spiro atoms. The van der Waals surface area contributed by atoms with Gasteiger partial charge in [0.05, 0.1) is 0 Å². The van der Waals surface area contributed by atoms with E-state index in [-0.39, 0.29) is 12.3 Å². The number of rotatable bonds is 6. The second-order valence-electron chi connectivity index (χ2n) is 7.07. The van der Waals surface area contributed by atoms with Crippen molar-refractivity contribution in [2.24, 2.45) is 0 Å². The molecule has 0 aliphatic carbocycles. The van der Waals surface area contributed by atoms with Crippen LogP contribution in [0.3, 0.4) is 0 Å². The predicted octanol–water partition coefficient (Wildman–Crippen LogP) is 5.50. The van der Waals surface area contributed by atoms with Crippen molar-refractivity contribution < 1.29 is 9.32 Å². The van der Waals surface area contributed by atoms with Crippen molar-refractivity contribution in [1.29, 1.82) is 0 Å². The highest BCUT2D eigenvalue weighted by Crippen LogP contribution is 2.31. The van der Waals surface area contributed by atoms with E-state index < -0.39 is 0 Å². The highest BCUT2D eigenvalue weighted by Gasteiger charge is 2.13. The molecule has 5 rings (SSSR count). The largest absolute Gasteiger partial charge is 0.341 e. The van der Waals surface area contributed by atoms with E-state index in [0.717, 1.165) is 23.2 Å². The summed E-state index contributed by atoms with van der Waals surface area (Å²) in [5.74, 6) is 0.945. The molecule has 30 heavy (non-hydrogen) atoms. The van der Waals surface area contributed by atoms with Crippen molar-refractivity contribution in [1.82, 2.24) is 14.7 Å². The number of nitrogens with one attached hydrogen (secondary N) is 1. The minimum Gasteiger partial charge on any atom is -0.341 e. The molecule has 0 bridgehead atoms. The monoisotopic (exact) mass is 416 g/mol. The first-order valence-corrected chi connectivity index (χ1v) is 10.8. The molecular weight excluding hydrogens is 396 g/mol. The smallest absolute Gasteiger partial charge is 0.227 e. The number of nitrogens with zero attached hydrogens (tertiary/aromatic N) is 3. The second-order valence-corrected chi connectivity index (χ2v) is 7.85. The van der Waals surface area contributed by atoms with E-state index in [4.69, 9.17) is 4.52 Å². The topological polar surface area (TPSA) is 73.0 Å². The molecule has 1 N–H and O–H groups in total. The molecule has 3 heterocycles. The summed E-state index contributed by atoms with van der Waals surface area (Å²) in [6.45, 7) is 3.04. The molecule has 0 unspecified atom stereocenters. The third kappa shape index (κ3) is 3.37. The molecule has 0 radical (unpaired) electrons. The average Bonchev–Trinajstić information content (AvgIpc) is 3.50. The SMILES string of the molecule is CCn1c2ccccc2c2cc(NC(=O)CCc3nc(-c4ccsc4)no3)ccc21. The van der Waals surface area contributed by atoms with Crippen molar-refractivity contribution >= 4 is 44.7 Å².